The van der Waals surface area contributed by atoms with Crippen LogP contribution >= 0.6 is 11.3 Å². The van der Waals surface area contributed by atoms with Crippen molar-refractivity contribution >= 4 is 23.3 Å². The van der Waals surface area contributed by atoms with Crippen molar-refractivity contribution in [3.8, 4) is 0 Å². The van der Waals surface area contributed by atoms with Crippen LogP contribution in [0, 0.1) is 0 Å². The highest BCUT2D eigenvalue weighted by Gasteiger charge is 2.04. The largest absolute Gasteiger partial charge is 0.377 e. The molecule has 0 unspecified atom stereocenters. The van der Waals surface area contributed by atoms with Crippen molar-refractivity contribution in [1.82, 2.24) is 0 Å². The minimum Gasteiger partial charge on any atom is -0.377 e. The second kappa shape index (κ2) is 5.88. The summed E-state index contributed by atoms with van der Waals surface area (Å²) in [6, 6.07) is 1.90. The quantitative estimate of drug-likeness (QED) is 0.699. The number of likely N-dealkylation sites (N-methyl/N-ethyl adjacent to an activating group) is 1. The molecule has 1 heterocycles. The van der Waals surface area contributed by atoms with Crippen LogP contribution in [0.15, 0.2) is 11.4 Å². The molecule has 0 spiro atoms. The Balaban J connectivity index is 2.39. The molecule has 0 atom stereocenters. The summed E-state index contributed by atoms with van der Waals surface area (Å²) < 4.78 is 5.46. The second-order valence-corrected chi connectivity index (χ2v) is 4.61. The Bertz CT molecular complexity index is 309. The number of hydrogen-bond donors (Lipinski definition) is 0. The van der Waals surface area contributed by atoms with E-state index in [0.717, 1.165) is 23.4 Å². The molecule has 0 aliphatic carbocycles. The first-order valence-electron chi connectivity index (χ1n) is 5.00. The number of anilines is 1. The summed E-state index contributed by atoms with van der Waals surface area (Å²) >= 11 is 1.47. The van der Waals surface area contributed by atoms with Crippen LogP contribution in [0.3, 0.4) is 0 Å². The van der Waals surface area contributed by atoms with E-state index in [9.17, 15) is 4.79 Å². The van der Waals surface area contributed by atoms with Gasteiger partial charge in [-0.2, -0.15) is 0 Å². The molecule has 3 nitrogen and oxygen atoms in total. The molecule has 0 N–H and O–H groups in total. The summed E-state index contributed by atoms with van der Waals surface area (Å²) in [6.45, 7) is 5.60. The molecule has 4 heteroatoms. The molecule has 1 aromatic rings. The van der Waals surface area contributed by atoms with Crippen LogP contribution < -0.4 is 4.90 Å². The molecule has 0 radical (unpaired) electrons. The maximum atomic E-state index is 10.5. The zero-order valence-electron chi connectivity index (χ0n) is 9.40. The highest BCUT2D eigenvalue weighted by atomic mass is 32.1. The van der Waals surface area contributed by atoms with Crippen LogP contribution in [-0.4, -0.2) is 32.6 Å². The van der Waals surface area contributed by atoms with Gasteiger partial charge in [0.15, 0.2) is 6.29 Å². The van der Waals surface area contributed by atoms with E-state index in [1.807, 2.05) is 32.3 Å². The van der Waals surface area contributed by atoms with Gasteiger partial charge in [-0.1, -0.05) is 0 Å². The maximum absolute atomic E-state index is 10.5. The van der Waals surface area contributed by atoms with Gasteiger partial charge in [-0.25, -0.2) is 0 Å². The van der Waals surface area contributed by atoms with Gasteiger partial charge < -0.3 is 9.64 Å². The lowest BCUT2D eigenvalue weighted by molar-refractivity contribution is 0.0846. The summed E-state index contributed by atoms with van der Waals surface area (Å²) in [5.41, 5.74) is 1.08. The van der Waals surface area contributed by atoms with E-state index in [1.54, 1.807) is 0 Å². The third-order valence-corrected chi connectivity index (χ3v) is 2.89. The number of carbonyl (C=O) groups excluding carboxylic acids is 1. The van der Waals surface area contributed by atoms with E-state index >= 15 is 0 Å². The van der Waals surface area contributed by atoms with Crippen molar-refractivity contribution in [2.75, 3.05) is 25.1 Å². The predicted octanol–water partition coefficient (Wildman–Crippen LogP) is 2.42. The number of carbonyl (C=O) groups is 1. The Kier molecular flexibility index (Phi) is 4.78. The van der Waals surface area contributed by atoms with Gasteiger partial charge in [0.25, 0.3) is 0 Å². The molecule has 0 aliphatic heterocycles. The topological polar surface area (TPSA) is 29.5 Å². The Morgan fingerprint density at radius 3 is 2.87 bits per heavy atom. The summed E-state index contributed by atoms with van der Waals surface area (Å²) in [6.07, 6.45) is 1.15. The molecule has 1 aromatic heterocycles. The molecule has 15 heavy (non-hydrogen) atoms. The van der Waals surface area contributed by atoms with Crippen molar-refractivity contribution in [3.63, 3.8) is 0 Å². The Morgan fingerprint density at radius 1 is 1.60 bits per heavy atom. The lowest BCUT2D eigenvalue weighted by Gasteiger charge is -2.18. The molecule has 84 valence electrons. The van der Waals surface area contributed by atoms with Gasteiger partial charge in [0.05, 0.1) is 17.6 Å². The number of nitrogens with zero attached hydrogens (tertiary/aromatic N) is 1. The molecule has 0 amide bonds. The highest BCUT2D eigenvalue weighted by Crippen LogP contribution is 2.20. The zero-order chi connectivity index (χ0) is 11.3. The van der Waals surface area contributed by atoms with Crippen molar-refractivity contribution in [2.45, 2.75) is 20.0 Å². The number of hydrogen-bond acceptors (Lipinski definition) is 4. The molecule has 0 bridgehead atoms. The van der Waals surface area contributed by atoms with Crippen molar-refractivity contribution in [3.05, 3.63) is 16.3 Å². The van der Waals surface area contributed by atoms with E-state index in [1.165, 1.54) is 11.3 Å². The van der Waals surface area contributed by atoms with E-state index < -0.39 is 0 Å². The molecule has 0 aromatic carbocycles. The molecular formula is C11H17NO2S. The average Bonchev–Trinajstić information content (AvgIpc) is 2.65. The van der Waals surface area contributed by atoms with Gasteiger partial charge in [0.1, 0.15) is 0 Å². The lowest BCUT2D eigenvalue weighted by Crippen LogP contribution is -2.23. The van der Waals surface area contributed by atoms with E-state index in [2.05, 4.69) is 4.90 Å². The van der Waals surface area contributed by atoms with Crippen molar-refractivity contribution in [1.29, 1.82) is 0 Å². The molecule has 0 aliphatic rings. The van der Waals surface area contributed by atoms with Crippen LogP contribution in [0.1, 0.15) is 23.5 Å². The van der Waals surface area contributed by atoms with Crippen molar-refractivity contribution < 1.29 is 9.53 Å². The number of rotatable bonds is 6. The Hall–Kier alpha value is -0.870. The normalized spacial score (nSPS) is 10.7. The minimum atomic E-state index is 0.270. The fraction of sp³-hybridized carbons (Fsp3) is 0.545. The van der Waals surface area contributed by atoms with Gasteiger partial charge in [-0.15, -0.1) is 11.3 Å². The summed E-state index contributed by atoms with van der Waals surface area (Å²) in [5, 5.41) is 1.99. The minimum absolute atomic E-state index is 0.270. The first-order valence-corrected chi connectivity index (χ1v) is 5.88. The van der Waals surface area contributed by atoms with Gasteiger partial charge in [0, 0.05) is 24.7 Å². The van der Waals surface area contributed by atoms with E-state index in [0.29, 0.717) is 6.61 Å². The van der Waals surface area contributed by atoms with Gasteiger partial charge in [-0.3, -0.25) is 4.79 Å². The smallest absolute Gasteiger partial charge is 0.160 e. The van der Waals surface area contributed by atoms with Gasteiger partial charge >= 0.3 is 0 Å². The average molecular weight is 227 g/mol. The molecule has 0 saturated carbocycles. The fourth-order valence-electron chi connectivity index (χ4n) is 1.16. The van der Waals surface area contributed by atoms with Crippen LogP contribution in [0.5, 0.6) is 0 Å². The van der Waals surface area contributed by atoms with Gasteiger partial charge in [0.2, 0.25) is 0 Å². The first kappa shape index (κ1) is 12.2. The summed E-state index contributed by atoms with van der Waals surface area (Å²) in [5.74, 6) is 0. The summed E-state index contributed by atoms with van der Waals surface area (Å²) in [4.78, 5) is 13.4. The third kappa shape index (κ3) is 4.01. The van der Waals surface area contributed by atoms with E-state index in [4.69, 9.17) is 4.74 Å². The number of ether oxygens (including phenoxy) is 1. The maximum Gasteiger partial charge on any atom is 0.160 e. The second-order valence-electron chi connectivity index (χ2n) is 3.67. The van der Waals surface area contributed by atoms with E-state index in [-0.39, 0.29) is 6.10 Å². The van der Waals surface area contributed by atoms with Crippen LogP contribution in [-0.2, 0) is 4.74 Å². The predicted molar refractivity (Wildman–Crippen MR) is 64.1 cm³/mol. The van der Waals surface area contributed by atoms with Crippen LogP contribution in [0.2, 0.25) is 0 Å². The third-order valence-electron chi connectivity index (χ3n) is 2.04. The molecule has 0 saturated heterocycles. The fourth-order valence-corrected chi connectivity index (χ4v) is 1.91. The Morgan fingerprint density at radius 2 is 2.33 bits per heavy atom. The standard InChI is InChI=1S/C11H17NO2S/c1-9(2)14-5-4-12(3)10-6-11(7-13)15-8-10/h6-9H,4-5H2,1-3H3. The first-order chi connectivity index (χ1) is 7.13. The molecular weight excluding hydrogens is 210 g/mol. The summed E-state index contributed by atoms with van der Waals surface area (Å²) in [7, 11) is 2.00. The SMILES string of the molecule is CC(C)OCCN(C)c1csc(C=O)c1. The zero-order valence-corrected chi connectivity index (χ0v) is 10.2. The lowest BCUT2D eigenvalue weighted by atomic mass is 10.4. The van der Waals surface area contributed by atoms with Crippen molar-refractivity contribution in [2.24, 2.45) is 0 Å². The Labute approximate surface area is 94.7 Å². The van der Waals surface area contributed by atoms with Crippen LogP contribution in [0.25, 0.3) is 0 Å². The van der Waals surface area contributed by atoms with Gasteiger partial charge in [-0.05, 0) is 19.9 Å². The number of thiophene rings is 1. The molecule has 0 fully saturated rings. The number of aldehydes is 1. The highest BCUT2D eigenvalue weighted by molar-refractivity contribution is 7.12. The molecule has 1 rings (SSSR count). The monoisotopic (exact) mass is 227 g/mol. The van der Waals surface area contributed by atoms with Crippen LogP contribution in [0.4, 0.5) is 5.69 Å².